The van der Waals surface area contributed by atoms with Gasteiger partial charge in [0, 0.05) is 18.8 Å². The van der Waals surface area contributed by atoms with E-state index >= 15 is 0 Å². The Bertz CT molecular complexity index is 448. The molecular weight excluding hydrogens is 379 g/mol. The van der Waals surface area contributed by atoms with Crippen LogP contribution in [0.3, 0.4) is 0 Å². The second kappa shape index (κ2) is 10.4. The SMILES string of the molecule is CN=C(NCC(=O)Nc1ccccc1)NC(C)C(C)C.I. The zero-order chi connectivity index (χ0) is 15.0. The first-order valence-corrected chi connectivity index (χ1v) is 6.85. The Balaban J connectivity index is 0.00000400. The maximum Gasteiger partial charge on any atom is 0.243 e. The average Bonchev–Trinajstić information content (AvgIpc) is 2.44. The molecule has 0 aliphatic carbocycles. The summed E-state index contributed by atoms with van der Waals surface area (Å²) in [5.41, 5.74) is 0.790. The van der Waals surface area contributed by atoms with Gasteiger partial charge in [0.1, 0.15) is 0 Å². The van der Waals surface area contributed by atoms with Crippen LogP contribution in [0.4, 0.5) is 5.69 Å². The summed E-state index contributed by atoms with van der Waals surface area (Å²) in [4.78, 5) is 15.9. The van der Waals surface area contributed by atoms with E-state index in [1.54, 1.807) is 7.05 Å². The molecule has 0 aliphatic rings. The quantitative estimate of drug-likeness (QED) is 0.401. The number of benzene rings is 1. The Labute approximate surface area is 144 Å². The molecule has 5 nitrogen and oxygen atoms in total. The van der Waals surface area contributed by atoms with Gasteiger partial charge in [0.2, 0.25) is 5.91 Å². The Morgan fingerprint density at radius 1 is 1.19 bits per heavy atom. The molecule has 3 N–H and O–H groups in total. The zero-order valence-corrected chi connectivity index (χ0v) is 15.3. The lowest BCUT2D eigenvalue weighted by Gasteiger charge is -2.20. The van der Waals surface area contributed by atoms with Gasteiger partial charge in [0.15, 0.2) is 5.96 Å². The van der Waals surface area contributed by atoms with Crippen molar-refractivity contribution in [2.24, 2.45) is 10.9 Å². The predicted octanol–water partition coefficient (Wildman–Crippen LogP) is 2.45. The third-order valence-corrected chi connectivity index (χ3v) is 3.06. The molecule has 1 aromatic carbocycles. The van der Waals surface area contributed by atoms with E-state index in [9.17, 15) is 4.79 Å². The summed E-state index contributed by atoms with van der Waals surface area (Å²) in [6.45, 7) is 6.53. The molecular formula is C15H25IN4O. The largest absolute Gasteiger partial charge is 0.354 e. The first-order chi connectivity index (χ1) is 9.52. The number of carbonyl (C=O) groups is 1. The van der Waals surface area contributed by atoms with E-state index < -0.39 is 0 Å². The monoisotopic (exact) mass is 404 g/mol. The summed E-state index contributed by atoms with van der Waals surface area (Å²) in [6, 6.07) is 9.67. The minimum absolute atomic E-state index is 0. The number of carbonyl (C=O) groups excluding carboxylic acids is 1. The van der Waals surface area contributed by atoms with Crippen molar-refractivity contribution in [2.75, 3.05) is 18.9 Å². The maximum absolute atomic E-state index is 11.8. The molecule has 1 rings (SSSR count). The van der Waals surface area contributed by atoms with E-state index in [1.807, 2.05) is 30.3 Å². The molecule has 0 radical (unpaired) electrons. The second-order valence-corrected chi connectivity index (χ2v) is 5.02. The van der Waals surface area contributed by atoms with Gasteiger partial charge in [0.05, 0.1) is 6.54 Å². The van der Waals surface area contributed by atoms with Crippen LogP contribution in [0.5, 0.6) is 0 Å². The molecule has 0 heterocycles. The van der Waals surface area contributed by atoms with Crippen molar-refractivity contribution in [3.8, 4) is 0 Å². The lowest BCUT2D eigenvalue weighted by Crippen LogP contribution is -2.46. The first kappa shape index (κ1) is 19.7. The van der Waals surface area contributed by atoms with Crippen LogP contribution in [0.2, 0.25) is 0 Å². The Morgan fingerprint density at radius 3 is 2.33 bits per heavy atom. The molecule has 0 spiro atoms. The lowest BCUT2D eigenvalue weighted by molar-refractivity contribution is -0.115. The van der Waals surface area contributed by atoms with Gasteiger partial charge in [-0.3, -0.25) is 9.79 Å². The summed E-state index contributed by atoms with van der Waals surface area (Å²) in [6.07, 6.45) is 0. The average molecular weight is 404 g/mol. The first-order valence-electron chi connectivity index (χ1n) is 6.85. The highest BCUT2D eigenvalue weighted by Crippen LogP contribution is 2.04. The summed E-state index contributed by atoms with van der Waals surface area (Å²) < 4.78 is 0. The van der Waals surface area contributed by atoms with Crippen molar-refractivity contribution in [1.82, 2.24) is 10.6 Å². The minimum Gasteiger partial charge on any atom is -0.354 e. The van der Waals surface area contributed by atoms with Gasteiger partial charge in [-0.05, 0) is 25.0 Å². The van der Waals surface area contributed by atoms with E-state index in [2.05, 4.69) is 41.7 Å². The number of rotatable bonds is 5. The predicted molar refractivity (Wildman–Crippen MR) is 99.3 cm³/mol. The van der Waals surface area contributed by atoms with Crippen LogP contribution < -0.4 is 16.0 Å². The number of hydrogen-bond acceptors (Lipinski definition) is 2. The highest BCUT2D eigenvalue weighted by atomic mass is 127. The fourth-order valence-corrected chi connectivity index (χ4v) is 1.47. The van der Waals surface area contributed by atoms with Gasteiger partial charge in [-0.1, -0.05) is 32.0 Å². The van der Waals surface area contributed by atoms with Crippen molar-refractivity contribution >= 4 is 41.5 Å². The number of amides is 1. The number of guanidine groups is 1. The Hall–Kier alpha value is -1.31. The molecule has 0 aliphatic heterocycles. The molecule has 118 valence electrons. The molecule has 1 atom stereocenters. The van der Waals surface area contributed by atoms with Gasteiger partial charge in [-0.15, -0.1) is 24.0 Å². The van der Waals surface area contributed by atoms with Gasteiger partial charge < -0.3 is 16.0 Å². The third kappa shape index (κ3) is 7.89. The van der Waals surface area contributed by atoms with Gasteiger partial charge in [-0.25, -0.2) is 0 Å². The van der Waals surface area contributed by atoms with Crippen molar-refractivity contribution in [1.29, 1.82) is 0 Å². The van der Waals surface area contributed by atoms with E-state index in [1.165, 1.54) is 0 Å². The third-order valence-electron chi connectivity index (χ3n) is 3.06. The van der Waals surface area contributed by atoms with Crippen LogP contribution >= 0.6 is 24.0 Å². The number of para-hydroxylation sites is 1. The molecule has 6 heteroatoms. The Kier molecular flexibility index (Phi) is 9.77. The van der Waals surface area contributed by atoms with Crippen molar-refractivity contribution < 1.29 is 4.79 Å². The van der Waals surface area contributed by atoms with Crippen LogP contribution in [0, 0.1) is 5.92 Å². The number of nitrogens with one attached hydrogen (secondary N) is 3. The summed E-state index contributed by atoms with van der Waals surface area (Å²) in [5.74, 6) is 1.03. The van der Waals surface area contributed by atoms with Gasteiger partial charge in [0.25, 0.3) is 0 Å². The standard InChI is InChI=1S/C15H24N4O.HI/c1-11(2)12(3)18-15(16-4)17-10-14(20)19-13-8-6-5-7-9-13;/h5-9,11-12H,10H2,1-4H3,(H,19,20)(H2,16,17,18);1H. The van der Waals surface area contributed by atoms with Crippen LogP contribution in [-0.2, 0) is 4.79 Å². The molecule has 0 fully saturated rings. The van der Waals surface area contributed by atoms with E-state index in [0.29, 0.717) is 17.9 Å². The van der Waals surface area contributed by atoms with Gasteiger partial charge >= 0.3 is 0 Å². The molecule has 0 aromatic heterocycles. The van der Waals surface area contributed by atoms with Crippen LogP contribution in [0.1, 0.15) is 20.8 Å². The topological polar surface area (TPSA) is 65.5 Å². The molecule has 0 saturated heterocycles. The van der Waals surface area contributed by atoms with Crippen molar-refractivity contribution in [3.63, 3.8) is 0 Å². The number of hydrogen-bond donors (Lipinski definition) is 3. The van der Waals surface area contributed by atoms with E-state index in [0.717, 1.165) is 5.69 Å². The van der Waals surface area contributed by atoms with Gasteiger partial charge in [-0.2, -0.15) is 0 Å². The van der Waals surface area contributed by atoms with Crippen LogP contribution in [0.25, 0.3) is 0 Å². The zero-order valence-electron chi connectivity index (χ0n) is 13.0. The van der Waals surface area contributed by atoms with Crippen LogP contribution in [-0.4, -0.2) is 31.5 Å². The molecule has 21 heavy (non-hydrogen) atoms. The summed E-state index contributed by atoms with van der Waals surface area (Å²) >= 11 is 0. The normalized spacial score (nSPS) is 12.3. The smallest absolute Gasteiger partial charge is 0.243 e. The highest BCUT2D eigenvalue weighted by Gasteiger charge is 2.10. The summed E-state index contributed by atoms with van der Waals surface area (Å²) in [7, 11) is 1.69. The number of aliphatic imine (C=N–C) groups is 1. The molecule has 1 unspecified atom stereocenters. The molecule has 0 saturated carbocycles. The molecule has 0 bridgehead atoms. The number of halogens is 1. The van der Waals surface area contributed by atoms with E-state index in [4.69, 9.17) is 0 Å². The fourth-order valence-electron chi connectivity index (χ4n) is 1.47. The molecule has 1 amide bonds. The maximum atomic E-state index is 11.8. The Morgan fingerprint density at radius 2 is 1.81 bits per heavy atom. The molecule has 1 aromatic rings. The van der Waals surface area contributed by atoms with Crippen molar-refractivity contribution in [3.05, 3.63) is 30.3 Å². The number of anilines is 1. The second-order valence-electron chi connectivity index (χ2n) is 5.02. The fraction of sp³-hybridized carbons (Fsp3) is 0.467. The van der Waals surface area contributed by atoms with Crippen LogP contribution in [0.15, 0.2) is 35.3 Å². The van der Waals surface area contributed by atoms with Crippen molar-refractivity contribution in [2.45, 2.75) is 26.8 Å². The number of nitrogens with zero attached hydrogens (tertiary/aromatic N) is 1. The van der Waals surface area contributed by atoms with E-state index in [-0.39, 0.29) is 36.4 Å². The lowest BCUT2D eigenvalue weighted by atomic mass is 10.1. The summed E-state index contributed by atoms with van der Waals surface area (Å²) in [5, 5.41) is 9.06. The minimum atomic E-state index is -0.101. The highest BCUT2D eigenvalue weighted by molar-refractivity contribution is 14.0.